The number of nitrogens with zero attached hydrogens (tertiary/aromatic N) is 5. The van der Waals surface area contributed by atoms with Crippen LogP contribution in [0.1, 0.15) is 47.2 Å². The van der Waals surface area contributed by atoms with E-state index in [1.807, 2.05) is 0 Å². The molecule has 0 N–H and O–H groups in total. The van der Waals surface area contributed by atoms with Crippen LogP contribution in [0, 0.1) is 0 Å². The molecule has 0 bridgehead atoms. The Hall–Kier alpha value is -8.41. The Balaban J connectivity index is 1.12. The molecule has 0 spiro atoms. The lowest BCUT2D eigenvalue weighted by atomic mass is 9.82. The van der Waals surface area contributed by atoms with E-state index in [9.17, 15) is 0 Å². The number of amidine groups is 2. The van der Waals surface area contributed by atoms with Crippen molar-refractivity contribution in [1.82, 2.24) is 4.57 Å². The van der Waals surface area contributed by atoms with E-state index in [-0.39, 0.29) is 5.41 Å². The van der Waals surface area contributed by atoms with Crippen LogP contribution in [-0.4, -0.2) is 23.0 Å². The summed E-state index contributed by atoms with van der Waals surface area (Å²) in [4.78, 5) is 10.3. The summed E-state index contributed by atoms with van der Waals surface area (Å²) in [5.74, 6) is 1.05. The first-order valence-electron chi connectivity index (χ1n) is 22.6. The molecule has 0 amide bonds. The zero-order valence-corrected chi connectivity index (χ0v) is 36.9. The van der Waals surface area contributed by atoms with Crippen LogP contribution >= 0.6 is 0 Å². The predicted octanol–water partition coefficient (Wildman–Crippen LogP) is 15.0. The van der Waals surface area contributed by atoms with Gasteiger partial charge in [-0.05, 0) is 117 Å². The minimum Gasteiger partial charge on any atom is -0.309 e. The highest BCUT2D eigenvalue weighted by molar-refractivity contribution is 6.18. The second-order valence-electron chi connectivity index (χ2n) is 17.7. The number of hydrogen-bond acceptors (Lipinski definition) is 2. The Bertz CT molecular complexity index is 3600. The molecular formula is C61H45N5. The average molecular weight is 848 g/mol. The van der Waals surface area contributed by atoms with Gasteiger partial charge in [-0.3, -0.25) is 0 Å². The van der Waals surface area contributed by atoms with Crippen LogP contribution in [0.25, 0.3) is 60.9 Å². The van der Waals surface area contributed by atoms with Crippen LogP contribution in [-0.2, 0) is 11.8 Å². The molecule has 9 aromatic carbocycles. The van der Waals surface area contributed by atoms with E-state index in [0.717, 1.165) is 78.7 Å². The van der Waals surface area contributed by atoms with Crippen molar-refractivity contribution >= 4 is 51.6 Å². The van der Waals surface area contributed by atoms with Gasteiger partial charge in [-0.1, -0.05) is 178 Å². The summed E-state index contributed by atoms with van der Waals surface area (Å²) in [6.45, 7) is 8.78. The van der Waals surface area contributed by atoms with Gasteiger partial charge >= 0.3 is 0 Å². The third-order valence-electron chi connectivity index (χ3n) is 13.6. The maximum atomic E-state index is 5.74. The van der Waals surface area contributed by atoms with Gasteiger partial charge in [0.2, 0.25) is 0 Å². The molecule has 5 nitrogen and oxygen atoms in total. The maximum absolute atomic E-state index is 5.74. The molecule has 2 aliphatic rings. The quantitative estimate of drug-likeness (QED) is 0.0895. The van der Waals surface area contributed by atoms with E-state index in [2.05, 4.69) is 242 Å². The summed E-state index contributed by atoms with van der Waals surface area (Å²) in [7, 11) is 0. The predicted molar refractivity (Wildman–Crippen MR) is 276 cm³/mol. The van der Waals surface area contributed by atoms with Gasteiger partial charge in [-0.25, -0.2) is 15.0 Å². The molecule has 0 atom stereocenters. The summed E-state index contributed by atoms with van der Waals surface area (Å²) in [6.07, 6.45) is 0.841. The van der Waals surface area contributed by atoms with Gasteiger partial charge in [-0.15, -0.1) is 5.10 Å². The fourth-order valence-electron chi connectivity index (χ4n) is 10.5. The van der Waals surface area contributed by atoms with E-state index in [1.165, 1.54) is 33.4 Å². The number of hydrogen-bond donors (Lipinski definition) is 0. The normalized spacial score (nSPS) is 13.6. The number of anilines is 2. The third-order valence-corrected chi connectivity index (χ3v) is 13.6. The molecule has 1 aromatic heterocycles. The maximum Gasteiger partial charge on any atom is 0.182 e. The highest BCUT2D eigenvalue weighted by Crippen LogP contribution is 2.50. The molecule has 5 heteroatoms. The highest BCUT2D eigenvalue weighted by atomic mass is 15.5. The highest BCUT2D eigenvalue weighted by Gasteiger charge is 2.37. The molecule has 66 heavy (non-hydrogen) atoms. The monoisotopic (exact) mass is 847 g/mol. The summed E-state index contributed by atoms with van der Waals surface area (Å²) in [6, 6.07) is 75.5. The molecule has 2 aliphatic carbocycles. The molecule has 0 aliphatic heterocycles. The Morgan fingerprint density at radius 1 is 0.500 bits per heavy atom. The van der Waals surface area contributed by atoms with E-state index in [4.69, 9.17) is 15.1 Å². The number of aliphatic imine (C=N–C) groups is 2. The lowest BCUT2D eigenvalue weighted by molar-refractivity contribution is 0.660. The van der Waals surface area contributed by atoms with Gasteiger partial charge in [0.25, 0.3) is 0 Å². The first-order valence-corrected chi connectivity index (χ1v) is 22.6. The Labute approximate surface area is 385 Å². The molecule has 0 fully saturated rings. The lowest BCUT2D eigenvalue weighted by Crippen LogP contribution is -2.16. The van der Waals surface area contributed by atoms with E-state index < -0.39 is 0 Å². The Kier molecular flexibility index (Phi) is 9.32. The Morgan fingerprint density at radius 2 is 1.11 bits per heavy atom. The fourth-order valence-corrected chi connectivity index (χ4v) is 10.5. The lowest BCUT2D eigenvalue weighted by Gasteiger charge is -2.22. The largest absolute Gasteiger partial charge is 0.309 e. The number of aromatic nitrogens is 1. The van der Waals surface area contributed by atoms with E-state index >= 15 is 0 Å². The second-order valence-corrected chi connectivity index (χ2v) is 17.7. The molecule has 0 saturated carbocycles. The van der Waals surface area contributed by atoms with Crippen molar-refractivity contribution in [3.63, 3.8) is 0 Å². The van der Waals surface area contributed by atoms with Crippen molar-refractivity contribution in [1.29, 1.82) is 0 Å². The van der Waals surface area contributed by atoms with Crippen LogP contribution in [0.4, 0.5) is 11.4 Å². The molecule has 10 aromatic rings. The fraction of sp³-hybridized carbons (Fsp3) is 0.0656. The van der Waals surface area contributed by atoms with Gasteiger partial charge in [0.05, 0.1) is 22.4 Å². The number of benzene rings is 9. The van der Waals surface area contributed by atoms with Gasteiger partial charge < -0.3 is 4.57 Å². The molecule has 314 valence electrons. The minimum absolute atomic E-state index is 0.194. The van der Waals surface area contributed by atoms with Crippen LogP contribution in [0.15, 0.2) is 227 Å². The van der Waals surface area contributed by atoms with Crippen molar-refractivity contribution in [3.05, 3.63) is 246 Å². The molecule has 0 radical (unpaired) electrons. The van der Waals surface area contributed by atoms with Crippen LogP contribution in [0.5, 0.6) is 0 Å². The van der Waals surface area contributed by atoms with Gasteiger partial charge in [0.1, 0.15) is 0 Å². The molecule has 0 unspecified atom stereocenters. The van der Waals surface area contributed by atoms with Gasteiger partial charge in [-0.2, -0.15) is 0 Å². The summed E-state index contributed by atoms with van der Waals surface area (Å²) in [5, 5.41) is 10.1. The van der Waals surface area contributed by atoms with Crippen molar-refractivity contribution in [2.75, 3.05) is 5.01 Å². The molecular weight excluding hydrogens is 803 g/mol. The standard InChI is InChI=1S/C61H45N5/c1-61(2)53-29-14-12-26-49(53)58-51(28-17-30-54(58)61)59(62-3)63-60(50-27-16-21-43-38-42-20-10-11-24-47(42)57(43)50)64-66(45-34-32-41(33-35-45)40-18-6-4-7-19-40)46-36-37-56-52(39-46)48-25-13-15-31-55(48)65(56)44-22-8-5-9-23-44/h4-37,39H,3,38H2,1-2H3/b63-59?,64-60-. The average Bonchev–Trinajstić information content (AvgIpc) is 4.00. The minimum atomic E-state index is -0.194. The molecule has 12 rings (SSSR count). The summed E-state index contributed by atoms with van der Waals surface area (Å²) >= 11 is 0. The van der Waals surface area contributed by atoms with Crippen molar-refractivity contribution in [2.24, 2.45) is 15.1 Å². The van der Waals surface area contributed by atoms with Gasteiger partial charge in [0, 0.05) is 33.0 Å². The third kappa shape index (κ3) is 6.34. The van der Waals surface area contributed by atoms with E-state index in [1.54, 1.807) is 0 Å². The zero-order chi connectivity index (χ0) is 44.4. The molecule has 1 heterocycles. The number of hydrazone groups is 1. The zero-order valence-electron chi connectivity index (χ0n) is 36.9. The van der Waals surface area contributed by atoms with Crippen LogP contribution < -0.4 is 5.01 Å². The SMILES string of the molecule is C=NC(=N/C(=N\N(c1ccc(-c2ccccc2)cc1)c1ccc2c(c1)c1ccccc1n2-c1ccccc1)c1cccc2c1-c1ccccc1C2)c1cccc2c1-c1ccccc1C2(C)C. The summed E-state index contributed by atoms with van der Waals surface area (Å²) < 4.78 is 2.34. The Morgan fingerprint density at radius 3 is 1.91 bits per heavy atom. The molecule has 0 saturated heterocycles. The van der Waals surface area contributed by atoms with E-state index in [0.29, 0.717) is 11.7 Å². The number of para-hydroxylation sites is 2. The smallest absolute Gasteiger partial charge is 0.182 e. The second kappa shape index (κ2) is 15.7. The number of fused-ring (bicyclic) bond motifs is 9. The van der Waals surface area contributed by atoms with Crippen molar-refractivity contribution in [3.8, 4) is 39.1 Å². The van der Waals surface area contributed by atoms with Gasteiger partial charge in [0.15, 0.2) is 11.7 Å². The van der Waals surface area contributed by atoms with Crippen molar-refractivity contribution < 1.29 is 0 Å². The summed E-state index contributed by atoms with van der Waals surface area (Å²) in [5.41, 5.74) is 18.8. The van der Waals surface area contributed by atoms with Crippen LogP contribution in [0.3, 0.4) is 0 Å². The van der Waals surface area contributed by atoms with Crippen molar-refractivity contribution in [2.45, 2.75) is 25.7 Å². The topological polar surface area (TPSA) is 45.2 Å². The first kappa shape index (κ1) is 39.2. The first-order chi connectivity index (χ1) is 32.5. The van der Waals surface area contributed by atoms with Crippen LogP contribution in [0.2, 0.25) is 0 Å². The number of rotatable bonds is 7.